The first-order chi connectivity index (χ1) is 10.1. The van der Waals surface area contributed by atoms with Crippen LogP contribution in [-0.4, -0.2) is 15.0 Å². The molecular weight excluding hydrogens is 348 g/mol. The van der Waals surface area contributed by atoms with Gasteiger partial charge in [-0.25, -0.2) is 0 Å². The first-order valence-electron chi connectivity index (χ1n) is 6.21. The Hall–Kier alpha value is -2.05. The summed E-state index contributed by atoms with van der Waals surface area (Å²) in [5.74, 6) is 0. The van der Waals surface area contributed by atoms with E-state index in [4.69, 9.17) is 18.0 Å². The zero-order valence-corrected chi connectivity index (χ0v) is 13.3. The van der Waals surface area contributed by atoms with Crippen LogP contribution in [0.1, 0.15) is 5.69 Å². The maximum absolute atomic E-state index is 5.71. The van der Waals surface area contributed by atoms with Gasteiger partial charge in [-0.05, 0) is 40.2 Å². The van der Waals surface area contributed by atoms with Gasteiger partial charge in [0.25, 0.3) is 0 Å². The molecular formula is C15H11BrN4S. The molecule has 0 aliphatic heterocycles. The number of hydrogen-bond donors (Lipinski definition) is 2. The Kier molecular flexibility index (Phi) is 3.81. The minimum atomic E-state index is 0.258. The van der Waals surface area contributed by atoms with Crippen molar-refractivity contribution in [3.63, 3.8) is 0 Å². The van der Waals surface area contributed by atoms with Gasteiger partial charge in [0.15, 0.2) is 0 Å². The summed E-state index contributed by atoms with van der Waals surface area (Å²) >= 11 is 8.46. The number of thiocarbonyl (C=S) groups is 1. The van der Waals surface area contributed by atoms with Crippen LogP contribution in [0.5, 0.6) is 0 Å². The molecule has 104 valence electrons. The van der Waals surface area contributed by atoms with E-state index in [0.29, 0.717) is 5.69 Å². The fraction of sp³-hybridized carbons (Fsp3) is 0. The predicted octanol–water partition coefficient (Wildman–Crippen LogP) is 3.77. The number of benzene rings is 1. The number of aromatic nitrogens is 2. The van der Waals surface area contributed by atoms with Gasteiger partial charge < -0.3 is 11.1 Å². The van der Waals surface area contributed by atoms with Crippen LogP contribution < -0.4 is 11.1 Å². The van der Waals surface area contributed by atoms with E-state index < -0.39 is 0 Å². The summed E-state index contributed by atoms with van der Waals surface area (Å²) in [5, 5.41) is 4.35. The molecule has 0 spiro atoms. The molecule has 21 heavy (non-hydrogen) atoms. The molecule has 0 saturated heterocycles. The summed E-state index contributed by atoms with van der Waals surface area (Å²) in [5.41, 5.74) is 8.80. The highest BCUT2D eigenvalue weighted by atomic mass is 79.9. The van der Waals surface area contributed by atoms with Gasteiger partial charge in [0.05, 0.1) is 16.9 Å². The molecule has 0 bridgehead atoms. The molecule has 2 heterocycles. The lowest BCUT2D eigenvalue weighted by Gasteiger charge is -2.12. The van der Waals surface area contributed by atoms with Crippen molar-refractivity contribution in [3.8, 4) is 0 Å². The Labute approximate surface area is 135 Å². The average Bonchev–Trinajstić information content (AvgIpc) is 2.47. The molecule has 3 N–H and O–H groups in total. The number of hydrogen-bond acceptors (Lipinski definition) is 4. The summed E-state index contributed by atoms with van der Waals surface area (Å²) < 4.78 is 0.942. The van der Waals surface area contributed by atoms with E-state index in [2.05, 4.69) is 31.2 Å². The smallest absolute Gasteiger partial charge is 0.124 e. The zero-order valence-electron chi connectivity index (χ0n) is 10.9. The molecule has 0 aliphatic carbocycles. The van der Waals surface area contributed by atoms with Crippen LogP contribution in [-0.2, 0) is 0 Å². The third-order valence-corrected chi connectivity index (χ3v) is 3.62. The fourth-order valence-electron chi connectivity index (χ4n) is 2.08. The van der Waals surface area contributed by atoms with Gasteiger partial charge in [-0.1, -0.05) is 24.4 Å². The quantitative estimate of drug-likeness (QED) is 0.697. The van der Waals surface area contributed by atoms with Crippen molar-refractivity contribution < 1.29 is 0 Å². The normalized spacial score (nSPS) is 10.5. The van der Waals surface area contributed by atoms with Crippen LogP contribution in [0, 0.1) is 0 Å². The number of nitrogens with zero attached hydrogens (tertiary/aromatic N) is 2. The predicted molar refractivity (Wildman–Crippen MR) is 92.9 cm³/mol. The Morgan fingerprint density at radius 3 is 2.76 bits per heavy atom. The standard InChI is InChI=1S/C15H11BrN4S/c16-10-7-9-3-1-4-11(13(9)19-8-10)20-12-5-2-6-18-14(12)15(17)21/h1-8,20H,(H2,17,21). The van der Waals surface area contributed by atoms with Gasteiger partial charge >= 0.3 is 0 Å². The Morgan fingerprint density at radius 1 is 1.14 bits per heavy atom. The van der Waals surface area contributed by atoms with Crippen molar-refractivity contribution >= 4 is 55.4 Å². The fourth-order valence-corrected chi connectivity index (χ4v) is 2.59. The maximum Gasteiger partial charge on any atom is 0.124 e. The molecule has 2 aromatic heterocycles. The number of nitrogens with two attached hydrogens (primary N) is 1. The van der Waals surface area contributed by atoms with E-state index in [9.17, 15) is 0 Å². The van der Waals surface area contributed by atoms with Gasteiger partial charge in [0, 0.05) is 22.3 Å². The molecule has 1 aromatic carbocycles. The van der Waals surface area contributed by atoms with Crippen molar-refractivity contribution in [2.75, 3.05) is 5.32 Å². The number of halogens is 1. The first-order valence-corrected chi connectivity index (χ1v) is 7.41. The monoisotopic (exact) mass is 358 g/mol. The third-order valence-electron chi connectivity index (χ3n) is 2.99. The van der Waals surface area contributed by atoms with Crippen molar-refractivity contribution in [2.45, 2.75) is 0 Å². The number of fused-ring (bicyclic) bond motifs is 1. The van der Waals surface area contributed by atoms with Gasteiger partial charge in [0.1, 0.15) is 10.7 Å². The van der Waals surface area contributed by atoms with Gasteiger partial charge in [-0.15, -0.1) is 0 Å². The molecule has 0 atom stereocenters. The molecule has 0 saturated carbocycles. The SMILES string of the molecule is NC(=S)c1ncccc1Nc1cccc2cc(Br)cnc12. The lowest BCUT2D eigenvalue weighted by Crippen LogP contribution is -2.13. The lowest BCUT2D eigenvalue weighted by molar-refractivity contribution is 1.28. The summed E-state index contributed by atoms with van der Waals surface area (Å²) in [6.07, 6.45) is 3.43. The van der Waals surface area contributed by atoms with Gasteiger partial charge in [-0.3, -0.25) is 9.97 Å². The molecule has 3 rings (SSSR count). The van der Waals surface area contributed by atoms with E-state index >= 15 is 0 Å². The van der Waals surface area contributed by atoms with Crippen LogP contribution in [0.25, 0.3) is 10.9 Å². The number of rotatable bonds is 3. The highest BCUT2D eigenvalue weighted by Crippen LogP contribution is 2.27. The average molecular weight is 359 g/mol. The lowest BCUT2D eigenvalue weighted by atomic mass is 10.2. The van der Waals surface area contributed by atoms with Crippen LogP contribution in [0.15, 0.2) is 53.3 Å². The van der Waals surface area contributed by atoms with Crippen LogP contribution >= 0.6 is 28.1 Å². The van der Waals surface area contributed by atoms with E-state index in [1.54, 1.807) is 12.4 Å². The van der Waals surface area contributed by atoms with E-state index in [-0.39, 0.29) is 4.99 Å². The largest absolute Gasteiger partial charge is 0.388 e. The molecule has 0 radical (unpaired) electrons. The number of pyridine rings is 2. The summed E-state index contributed by atoms with van der Waals surface area (Å²) in [7, 11) is 0. The van der Waals surface area contributed by atoms with E-state index in [1.807, 2.05) is 36.4 Å². The Balaban J connectivity index is 2.09. The molecule has 0 amide bonds. The minimum Gasteiger partial charge on any atom is -0.388 e. The van der Waals surface area contributed by atoms with Crippen molar-refractivity contribution in [1.29, 1.82) is 0 Å². The summed E-state index contributed by atoms with van der Waals surface area (Å²) in [6.45, 7) is 0. The topological polar surface area (TPSA) is 63.8 Å². The second-order valence-electron chi connectivity index (χ2n) is 4.42. The van der Waals surface area contributed by atoms with Crippen molar-refractivity contribution in [3.05, 3.63) is 59.0 Å². The third kappa shape index (κ3) is 2.86. The van der Waals surface area contributed by atoms with E-state index in [0.717, 1.165) is 26.8 Å². The van der Waals surface area contributed by atoms with Crippen LogP contribution in [0.2, 0.25) is 0 Å². The molecule has 0 fully saturated rings. The molecule has 0 unspecified atom stereocenters. The van der Waals surface area contributed by atoms with E-state index in [1.165, 1.54) is 0 Å². The van der Waals surface area contributed by atoms with Crippen molar-refractivity contribution in [1.82, 2.24) is 9.97 Å². The second-order valence-corrected chi connectivity index (χ2v) is 5.78. The zero-order chi connectivity index (χ0) is 14.8. The van der Waals surface area contributed by atoms with Crippen molar-refractivity contribution in [2.24, 2.45) is 5.73 Å². The summed E-state index contributed by atoms with van der Waals surface area (Å²) in [6, 6.07) is 11.7. The van der Waals surface area contributed by atoms with Crippen LogP contribution in [0.3, 0.4) is 0 Å². The minimum absolute atomic E-state index is 0.258. The van der Waals surface area contributed by atoms with Gasteiger partial charge in [0.2, 0.25) is 0 Å². The first kappa shape index (κ1) is 13.9. The Bertz CT molecular complexity index is 835. The molecule has 3 aromatic rings. The Morgan fingerprint density at radius 2 is 1.95 bits per heavy atom. The highest BCUT2D eigenvalue weighted by molar-refractivity contribution is 9.10. The maximum atomic E-state index is 5.71. The number of nitrogens with one attached hydrogen (secondary N) is 1. The highest BCUT2D eigenvalue weighted by Gasteiger charge is 2.09. The molecule has 6 heteroatoms. The van der Waals surface area contributed by atoms with Crippen LogP contribution in [0.4, 0.5) is 11.4 Å². The second kappa shape index (κ2) is 5.75. The molecule has 4 nitrogen and oxygen atoms in total. The molecule has 0 aliphatic rings. The van der Waals surface area contributed by atoms with Gasteiger partial charge in [-0.2, -0.15) is 0 Å². The number of para-hydroxylation sites is 1. The summed E-state index contributed by atoms with van der Waals surface area (Å²) in [4.78, 5) is 8.93. The number of anilines is 2.